The number of likely N-dealkylation sites (tertiary alicyclic amines) is 1. The molecule has 7 heteroatoms. The number of anilines is 1. The van der Waals surface area contributed by atoms with E-state index in [1.54, 1.807) is 6.20 Å². The van der Waals surface area contributed by atoms with E-state index >= 15 is 0 Å². The van der Waals surface area contributed by atoms with E-state index in [2.05, 4.69) is 38.1 Å². The molecule has 2 rings (SSSR count). The first kappa shape index (κ1) is 14.2. The summed E-state index contributed by atoms with van der Waals surface area (Å²) in [6.07, 6.45) is 5.32. The van der Waals surface area contributed by atoms with Crippen molar-refractivity contribution in [3.63, 3.8) is 0 Å². The third-order valence-electron chi connectivity index (χ3n) is 3.41. The number of halogens is 1. The third-order valence-corrected chi connectivity index (χ3v) is 4.02. The molecular weight excluding hydrogens is 312 g/mol. The number of rotatable bonds is 5. The van der Waals surface area contributed by atoms with Gasteiger partial charge in [0.25, 0.3) is 0 Å². The molecule has 6 nitrogen and oxygen atoms in total. The van der Waals surface area contributed by atoms with Gasteiger partial charge in [0.15, 0.2) is 0 Å². The van der Waals surface area contributed by atoms with Crippen molar-refractivity contribution in [2.24, 2.45) is 0 Å². The fourth-order valence-electron chi connectivity index (χ4n) is 2.30. The topological polar surface area (TPSA) is 71.3 Å². The highest BCUT2D eigenvalue weighted by molar-refractivity contribution is 9.10. The minimum absolute atomic E-state index is 0.00277. The number of nitrogens with one attached hydrogen (secondary N) is 1. The molecular formula is C12H17BrN4O2. The van der Waals surface area contributed by atoms with Gasteiger partial charge in [-0.05, 0) is 48.8 Å². The Morgan fingerprint density at radius 3 is 2.84 bits per heavy atom. The number of nitrogens with zero attached hydrogens (tertiary/aromatic N) is 3. The van der Waals surface area contributed by atoms with Gasteiger partial charge >= 0.3 is 5.69 Å². The van der Waals surface area contributed by atoms with E-state index in [-0.39, 0.29) is 5.69 Å². The molecule has 0 saturated carbocycles. The van der Waals surface area contributed by atoms with Crippen molar-refractivity contribution in [2.75, 3.05) is 25.0 Å². The fraction of sp³-hybridized carbons (Fsp3) is 0.583. The molecule has 0 aromatic carbocycles. The average molecular weight is 329 g/mol. The van der Waals surface area contributed by atoms with Crippen molar-refractivity contribution in [1.29, 1.82) is 0 Å². The van der Waals surface area contributed by atoms with Crippen LogP contribution in [0.3, 0.4) is 0 Å². The van der Waals surface area contributed by atoms with E-state index in [1.165, 1.54) is 19.0 Å². The number of aromatic nitrogens is 1. The second-order valence-electron chi connectivity index (χ2n) is 4.75. The molecule has 1 aliphatic rings. The minimum atomic E-state index is -0.416. The van der Waals surface area contributed by atoms with Crippen LogP contribution in [-0.4, -0.2) is 40.5 Å². The maximum Gasteiger partial charge on any atom is 0.311 e. The van der Waals surface area contributed by atoms with Gasteiger partial charge in [-0.1, -0.05) is 0 Å². The lowest BCUT2D eigenvalue weighted by atomic mass is 10.2. The number of hydrogen-bond donors (Lipinski definition) is 1. The Morgan fingerprint density at radius 2 is 2.21 bits per heavy atom. The van der Waals surface area contributed by atoms with Gasteiger partial charge in [-0.15, -0.1) is 0 Å². The lowest BCUT2D eigenvalue weighted by Gasteiger charge is -2.24. The van der Waals surface area contributed by atoms with Crippen LogP contribution in [0.5, 0.6) is 0 Å². The molecule has 1 aromatic heterocycles. The monoisotopic (exact) mass is 328 g/mol. The van der Waals surface area contributed by atoms with Gasteiger partial charge in [0.1, 0.15) is 11.9 Å². The molecule has 1 aliphatic heterocycles. The molecule has 104 valence electrons. The molecule has 1 fully saturated rings. The summed E-state index contributed by atoms with van der Waals surface area (Å²) in [6, 6.07) is 0.363. The van der Waals surface area contributed by atoms with E-state index in [4.69, 9.17) is 0 Å². The largest absolute Gasteiger partial charge is 0.377 e. The highest BCUT2D eigenvalue weighted by atomic mass is 79.9. The smallest absolute Gasteiger partial charge is 0.311 e. The zero-order valence-corrected chi connectivity index (χ0v) is 12.4. The second-order valence-corrected chi connectivity index (χ2v) is 5.60. The molecule has 1 aromatic rings. The molecule has 1 N–H and O–H groups in total. The third kappa shape index (κ3) is 3.42. The summed E-state index contributed by atoms with van der Waals surface area (Å²) in [5.41, 5.74) is 0.508. The van der Waals surface area contributed by atoms with Crippen molar-refractivity contribution in [3.8, 4) is 0 Å². The maximum atomic E-state index is 11.0. The first-order valence-corrected chi connectivity index (χ1v) is 7.14. The van der Waals surface area contributed by atoms with Gasteiger partial charge < -0.3 is 5.32 Å². The molecule has 0 spiro atoms. The first-order chi connectivity index (χ1) is 9.09. The van der Waals surface area contributed by atoms with E-state index in [0.717, 1.165) is 13.1 Å². The normalized spacial score (nSPS) is 17.4. The fourth-order valence-corrected chi connectivity index (χ4v) is 2.76. The first-order valence-electron chi connectivity index (χ1n) is 6.35. The summed E-state index contributed by atoms with van der Waals surface area (Å²) in [5.74, 6) is 0. The average Bonchev–Trinajstić information content (AvgIpc) is 2.90. The van der Waals surface area contributed by atoms with Gasteiger partial charge in [0.05, 0.1) is 9.40 Å². The Balaban J connectivity index is 2.04. The van der Waals surface area contributed by atoms with Crippen molar-refractivity contribution in [2.45, 2.75) is 25.8 Å². The standard InChI is InChI=1S/C12H17BrN4O2/c1-9(16-4-2-3-5-16)6-15-12-10(13)7-14-8-11(12)17(18)19/h7-9H,2-6H2,1H3,(H,14,15). The second kappa shape index (κ2) is 6.29. The van der Waals surface area contributed by atoms with Crippen LogP contribution in [0.15, 0.2) is 16.9 Å². The van der Waals surface area contributed by atoms with Gasteiger partial charge in [-0.3, -0.25) is 20.0 Å². The number of pyridine rings is 1. The van der Waals surface area contributed by atoms with Crippen LogP contribution in [0.2, 0.25) is 0 Å². The molecule has 0 amide bonds. The zero-order chi connectivity index (χ0) is 13.8. The zero-order valence-electron chi connectivity index (χ0n) is 10.8. The van der Waals surface area contributed by atoms with Crippen LogP contribution in [0.4, 0.5) is 11.4 Å². The number of hydrogen-bond acceptors (Lipinski definition) is 5. The summed E-state index contributed by atoms with van der Waals surface area (Å²) < 4.78 is 0.621. The minimum Gasteiger partial charge on any atom is -0.377 e. The van der Waals surface area contributed by atoms with Crippen molar-refractivity contribution in [3.05, 3.63) is 27.0 Å². The lowest BCUT2D eigenvalue weighted by Crippen LogP contribution is -2.35. The SMILES string of the molecule is CC(CNc1c(Br)cncc1[N+](=O)[O-])N1CCCC1. The molecule has 1 atom stereocenters. The van der Waals surface area contributed by atoms with Crippen LogP contribution in [0.1, 0.15) is 19.8 Å². The van der Waals surface area contributed by atoms with E-state index in [0.29, 0.717) is 22.7 Å². The summed E-state index contributed by atoms with van der Waals surface area (Å²) in [4.78, 5) is 16.8. The summed E-state index contributed by atoms with van der Waals surface area (Å²) >= 11 is 3.31. The highest BCUT2D eigenvalue weighted by Gasteiger charge is 2.21. The Kier molecular flexibility index (Phi) is 4.71. The predicted molar refractivity (Wildman–Crippen MR) is 77.4 cm³/mol. The molecule has 1 saturated heterocycles. The molecule has 0 aliphatic carbocycles. The predicted octanol–water partition coefficient (Wildman–Crippen LogP) is 2.65. The van der Waals surface area contributed by atoms with E-state index < -0.39 is 4.92 Å². The molecule has 0 radical (unpaired) electrons. The Morgan fingerprint density at radius 1 is 1.53 bits per heavy atom. The molecule has 19 heavy (non-hydrogen) atoms. The van der Waals surface area contributed by atoms with Gasteiger partial charge in [-0.25, -0.2) is 0 Å². The summed E-state index contributed by atoms with van der Waals surface area (Å²) in [5, 5.41) is 14.1. The van der Waals surface area contributed by atoms with Crippen LogP contribution in [0.25, 0.3) is 0 Å². The van der Waals surface area contributed by atoms with Crippen molar-refractivity contribution >= 4 is 27.3 Å². The van der Waals surface area contributed by atoms with Crippen LogP contribution < -0.4 is 5.32 Å². The summed E-state index contributed by atoms with van der Waals surface area (Å²) in [6.45, 7) is 5.05. The quantitative estimate of drug-likeness (QED) is 0.664. The Labute approximate surface area is 120 Å². The highest BCUT2D eigenvalue weighted by Crippen LogP contribution is 2.31. The van der Waals surface area contributed by atoms with Crippen molar-refractivity contribution in [1.82, 2.24) is 9.88 Å². The van der Waals surface area contributed by atoms with Crippen LogP contribution in [0, 0.1) is 10.1 Å². The summed E-state index contributed by atoms with van der Waals surface area (Å²) in [7, 11) is 0. The molecule has 0 bridgehead atoms. The van der Waals surface area contributed by atoms with Gasteiger partial charge in [-0.2, -0.15) is 0 Å². The van der Waals surface area contributed by atoms with Crippen molar-refractivity contribution < 1.29 is 4.92 Å². The Hall–Kier alpha value is -1.21. The lowest BCUT2D eigenvalue weighted by molar-refractivity contribution is -0.384. The van der Waals surface area contributed by atoms with E-state index in [1.807, 2.05) is 0 Å². The van der Waals surface area contributed by atoms with Crippen LogP contribution >= 0.6 is 15.9 Å². The molecule has 2 heterocycles. The maximum absolute atomic E-state index is 11.0. The molecule has 1 unspecified atom stereocenters. The van der Waals surface area contributed by atoms with Gasteiger partial charge in [0.2, 0.25) is 0 Å². The van der Waals surface area contributed by atoms with Gasteiger partial charge in [0, 0.05) is 18.8 Å². The van der Waals surface area contributed by atoms with Crippen LogP contribution in [-0.2, 0) is 0 Å². The number of nitro groups is 1. The van der Waals surface area contributed by atoms with E-state index in [9.17, 15) is 10.1 Å². The Bertz CT molecular complexity index is 463.